The highest BCUT2D eigenvalue weighted by Gasteiger charge is 2.54. The van der Waals surface area contributed by atoms with Crippen LogP contribution in [-0.2, 0) is 41.6 Å². The number of carbonyl (C=O) groups excluding carboxylic acids is 4. The quantitative estimate of drug-likeness (QED) is 0.130. The van der Waals surface area contributed by atoms with E-state index in [1.165, 1.54) is 46.7 Å². The highest BCUT2D eigenvalue weighted by atomic mass is 35.5. The number of fused-ring (bicyclic) bond motifs is 1. The number of nitrogens with two attached hydrogens (primary N) is 1. The molecule has 2 aromatic heterocycles. The Morgan fingerprint density at radius 2 is 1.94 bits per heavy atom. The van der Waals surface area contributed by atoms with Crippen molar-refractivity contribution in [2.45, 2.75) is 81.0 Å². The maximum absolute atomic E-state index is 13.6. The average molecular weight is 769 g/mol. The van der Waals surface area contributed by atoms with E-state index in [4.69, 9.17) is 19.9 Å². The van der Waals surface area contributed by atoms with Crippen LogP contribution in [0.25, 0.3) is 0 Å². The Morgan fingerprint density at radius 1 is 1.19 bits per heavy atom. The number of halogens is 2. The monoisotopic (exact) mass is 767 g/mol. The molecule has 2 aromatic rings. The fraction of sp³-hybridized carbons (Fsp3) is 0.630. The maximum Gasteiger partial charge on any atom is 0.511 e. The van der Waals surface area contributed by atoms with Crippen molar-refractivity contribution < 1.29 is 33.4 Å². The van der Waals surface area contributed by atoms with Gasteiger partial charge in [0.15, 0.2) is 5.13 Å². The van der Waals surface area contributed by atoms with Crippen molar-refractivity contribution in [3.63, 3.8) is 0 Å². The Balaban J connectivity index is 0.00000312. The van der Waals surface area contributed by atoms with Gasteiger partial charge in [-0.05, 0) is 55.8 Å². The van der Waals surface area contributed by atoms with Crippen molar-refractivity contribution in [2.24, 2.45) is 0 Å². The fourth-order valence-corrected chi connectivity index (χ4v) is 8.13. The topological polar surface area (TPSA) is 197 Å². The second-order valence-electron chi connectivity index (χ2n) is 11.3. The molecule has 266 valence electrons. The summed E-state index contributed by atoms with van der Waals surface area (Å²) >= 11 is 3.97. The molecular weight excluding hydrogens is 729 g/mol. The van der Waals surface area contributed by atoms with Gasteiger partial charge in [0, 0.05) is 30.4 Å². The number of nitrogens with zero attached hydrogens (tertiary/aromatic N) is 7. The first kappa shape index (κ1) is 39.6. The molecular formula is C27H39Cl2N9O7S3. The maximum atomic E-state index is 13.6. The third-order valence-corrected chi connectivity index (χ3v) is 10.6. The third-order valence-electron chi connectivity index (χ3n) is 7.45. The van der Waals surface area contributed by atoms with Crippen LogP contribution in [0.4, 0.5) is 9.93 Å². The smallest absolute Gasteiger partial charge is 0.431 e. The molecule has 2 fully saturated rings. The zero-order valence-electron chi connectivity index (χ0n) is 26.6. The number of anilines is 1. The van der Waals surface area contributed by atoms with Crippen LogP contribution in [0.1, 0.15) is 44.7 Å². The normalized spacial score (nSPS) is 19.8. The molecule has 3 atom stereocenters. The molecule has 1 aliphatic carbocycles. The lowest BCUT2D eigenvalue weighted by Gasteiger charge is -2.49. The number of tetrazole rings is 1. The molecule has 1 saturated carbocycles. The van der Waals surface area contributed by atoms with Crippen LogP contribution in [0.2, 0.25) is 0 Å². The fourth-order valence-electron chi connectivity index (χ4n) is 5.18. The Labute approximate surface area is 302 Å². The molecule has 0 radical (unpaired) electrons. The number of likely N-dealkylation sites (N-methyl/N-ethyl adjacent to an activating group) is 1. The van der Waals surface area contributed by atoms with E-state index in [2.05, 4.69) is 25.8 Å². The summed E-state index contributed by atoms with van der Waals surface area (Å²) < 4.78 is 17.8. The molecule has 1 saturated heterocycles. The molecule has 4 heterocycles. The van der Waals surface area contributed by atoms with Gasteiger partial charge in [0.2, 0.25) is 17.4 Å². The first-order chi connectivity index (χ1) is 22.1. The summed E-state index contributed by atoms with van der Waals surface area (Å²) in [6.07, 6.45) is 2.14. The first-order valence-corrected chi connectivity index (χ1v) is 17.8. The molecule has 16 nitrogen and oxygen atoms in total. The Hall–Kier alpha value is -2.84. The van der Waals surface area contributed by atoms with Crippen LogP contribution in [0, 0.1) is 0 Å². The molecule has 0 bridgehead atoms. The van der Waals surface area contributed by atoms with Crippen molar-refractivity contribution in [3.8, 4) is 0 Å². The average Bonchev–Trinajstić information content (AvgIpc) is 3.65. The minimum atomic E-state index is -1.27. The van der Waals surface area contributed by atoms with Gasteiger partial charge in [-0.25, -0.2) is 19.3 Å². The van der Waals surface area contributed by atoms with E-state index in [0.717, 1.165) is 38.6 Å². The summed E-state index contributed by atoms with van der Waals surface area (Å²) in [6, 6.07) is -0.844. The van der Waals surface area contributed by atoms with Gasteiger partial charge in [-0.15, -0.1) is 53.0 Å². The number of rotatable bonds is 13. The molecule has 3 unspecified atom stereocenters. The van der Waals surface area contributed by atoms with Gasteiger partial charge in [-0.2, -0.15) is 0 Å². The number of amides is 2. The van der Waals surface area contributed by atoms with Gasteiger partial charge >= 0.3 is 12.1 Å². The van der Waals surface area contributed by atoms with E-state index >= 15 is 0 Å². The summed E-state index contributed by atoms with van der Waals surface area (Å²) in [6.45, 7) is 2.70. The summed E-state index contributed by atoms with van der Waals surface area (Å²) in [5.74, 6) is -1.01. The molecule has 48 heavy (non-hydrogen) atoms. The number of thiazole rings is 1. The number of hydrogen-bond donors (Lipinski definition) is 2. The van der Waals surface area contributed by atoms with Gasteiger partial charge < -0.3 is 30.2 Å². The van der Waals surface area contributed by atoms with Crippen molar-refractivity contribution in [3.05, 3.63) is 22.3 Å². The lowest BCUT2D eigenvalue weighted by Crippen LogP contribution is -2.70. The highest BCUT2D eigenvalue weighted by molar-refractivity contribution is 8.01. The zero-order valence-corrected chi connectivity index (χ0v) is 30.6. The Kier molecular flexibility index (Phi) is 15.0. The lowest BCUT2D eigenvalue weighted by atomic mass is 9.98. The van der Waals surface area contributed by atoms with Gasteiger partial charge in [0.05, 0.1) is 18.7 Å². The van der Waals surface area contributed by atoms with E-state index in [-0.39, 0.29) is 54.7 Å². The summed E-state index contributed by atoms with van der Waals surface area (Å²) in [7, 11) is 3.90. The van der Waals surface area contributed by atoms with E-state index in [1.807, 2.05) is 19.0 Å². The second kappa shape index (κ2) is 18.2. The largest absolute Gasteiger partial charge is 0.511 e. The minimum Gasteiger partial charge on any atom is -0.431 e. The number of hydrogen-bond acceptors (Lipinski definition) is 16. The highest BCUT2D eigenvalue weighted by Crippen LogP contribution is 2.42. The molecule has 0 aromatic carbocycles. The molecule has 3 N–H and O–H groups in total. The SMILES string of the molecule is CC(OC(=O)OC1CCCCC1)OC(=O)C1=C(CSc2nnnn2CCN(C)C)CSC2C(NC(=O)Cc3csc(N)n3)C(=O)N12.Cl.Cl. The number of ether oxygens (including phenoxy) is 3. The summed E-state index contributed by atoms with van der Waals surface area (Å²) in [5.41, 5.74) is 6.83. The van der Waals surface area contributed by atoms with E-state index in [9.17, 15) is 19.2 Å². The van der Waals surface area contributed by atoms with E-state index in [1.54, 1.807) is 10.1 Å². The number of aromatic nitrogens is 5. The minimum absolute atomic E-state index is 0. The van der Waals surface area contributed by atoms with Crippen LogP contribution < -0.4 is 11.1 Å². The van der Waals surface area contributed by atoms with Gasteiger partial charge in [0.1, 0.15) is 23.2 Å². The van der Waals surface area contributed by atoms with Gasteiger partial charge in [-0.1, -0.05) is 18.2 Å². The van der Waals surface area contributed by atoms with Crippen LogP contribution in [0.3, 0.4) is 0 Å². The number of thioether (sulfide) groups is 2. The number of nitrogens with one attached hydrogen (secondary N) is 1. The molecule has 0 spiro atoms. The number of carbonyl (C=O) groups is 4. The number of esters is 1. The molecule has 2 aliphatic heterocycles. The molecule has 2 amide bonds. The van der Waals surface area contributed by atoms with E-state index < -0.39 is 35.7 Å². The summed E-state index contributed by atoms with van der Waals surface area (Å²) in [4.78, 5) is 59.6. The van der Waals surface area contributed by atoms with Crippen molar-refractivity contribution >= 4 is 88.7 Å². The van der Waals surface area contributed by atoms with Crippen LogP contribution >= 0.6 is 59.7 Å². The number of β-lactam (4-membered cyclic amide) rings is 1. The Bertz CT molecular complexity index is 1470. The van der Waals surface area contributed by atoms with Crippen molar-refractivity contribution in [1.82, 2.24) is 40.3 Å². The predicted octanol–water partition coefficient (Wildman–Crippen LogP) is 2.48. The zero-order chi connectivity index (χ0) is 32.8. The molecule has 21 heteroatoms. The Morgan fingerprint density at radius 3 is 2.62 bits per heavy atom. The van der Waals surface area contributed by atoms with Crippen LogP contribution in [0.15, 0.2) is 21.8 Å². The van der Waals surface area contributed by atoms with Gasteiger partial charge in [-0.3, -0.25) is 14.5 Å². The standard InChI is InChI=1S/C27H37N9O7S3.2ClH/c1-15(42-27(40)43-18-7-5-4-6-8-18)41-24(39)21-16(13-46-26-31-32-33-35(26)10-9-34(2)3)12-44-23-20(22(38)36(21)23)30-19(37)11-17-14-45-25(28)29-17;;/h14-15,18,20,23H,4-13H2,1-3H3,(H2,28,29)(H,30,37);2*1H. The van der Waals surface area contributed by atoms with Crippen molar-refractivity contribution in [1.29, 1.82) is 0 Å². The molecule has 3 aliphatic rings. The second-order valence-corrected chi connectivity index (χ2v) is 14.2. The van der Waals surface area contributed by atoms with E-state index in [0.29, 0.717) is 33.9 Å². The third kappa shape index (κ3) is 10.1. The first-order valence-electron chi connectivity index (χ1n) is 14.9. The van der Waals surface area contributed by atoms with Crippen LogP contribution in [0.5, 0.6) is 0 Å². The van der Waals surface area contributed by atoms with Crippen molar-refractivity contribution in [2.75, 3.05) is 37.9 Å². The molecule has 5 rings (SSSR count). The number of nitrogen functional groups attached to an aromatic ring is 1. The van der Waals surface area contributed by atoms with Crippen LogP contribution in [-0.4, -0.2) is 115 Å². The summed E-state index contributed by atoms with van der Waals surface area (Å²) in [5, 5.41) is 16.8. The predicted molar refractivity (Wildman–Crippen MR) is 184 cm³/mol. The van der Waals surface area contributed by atoms with Gasteiger partial charge in [0.25, 0.3) is 5.91 Å². The lowest BCUT2D eigenvalue weighted by molar-refractivity contribution is -0.170.